The number of aldehydes is 1. The van der Waals surface area contributed by atoms with Crippen LogP contribution in [-0.4, -0.2) is 30.4 Å². The largest absolute Gasteiger partial charge is 0.480 e. The Kier molecular flexibility index (Phi) is 6.78. The van der Waals surface area contributed by atoms with Gasteiger partial charge in [0.05, 0.1) is 5.56 Å². The molecule has 3 amide bonds. The van der Waals surface area contributed by atoms with Crippen LogP contribution < -0.4 is 15.4 Å². The molecule has 0 aromatic heterocycles. The molecule has 0 saturated heterocycles. The second-order valence-electron chi connectivity index (χ2n) is 5.86. The fourth-order valence-electron chi connectivity index (χ4n) is 2.64. The Morgan fingerprint density at radius 2 is 2.00 bits per heavy atom. The third-order valence-corrected chi connectivity index (χ3v) is 4.44. The SMILES string of the molecule is C[C@H](Oc1ccc(Br)cc1C=O)C(=O)NC(=O)NC1CCCCC1. The van der Waals surface area contributed by atoms with Gasteiger partial charge < -0.3 is 10.1 Å². The first-order valence-corrected chi connectivity index (χ1v) is 8.81. The van der Waals surface area contributed by atoms with Crippen molar-refractivity contribution in [3.8, 4) is 5.75 Å². The number of imide groups is 1. The average molecular weight is 397 g/mol. The number of amides is 3. The summed E-state index contributed by atoms with van der Waals surface area (Å²) in [6.07, 6.45) is 5.01. The lowest BCUT2D eigenvalue weighted by Crippen LogP contribution is -2.48. The average Bonchev–Trinajstić information content (AvgIpc) is 2.57. The van der Waals surface area contributed by atoms with E-state index in [0.29, 0.717) is 17.6 Å². The van der Waals surface area contributed by atoms with E-state index in [1.165, 1.54) is 13.3 Å². The molecule has 6 nitrogen and oxygen atoms in total. The van der Waals surface area contributed by atoms with Crippen LogP contribution in [0.5, 0.6) is 5.75 Å². The molecule has 1 aliphatic carbocycles. The van der Waals surface area contributed by atoms with Crippen molar-refractivity contribution >= 4 is 34.2 Å². The van der Waals surface area contributed by atoms with Gasteiger partial charge in [-0.05, 0) is 38.0 Å². The van der Waals surface area contributed by atoms with Crippen molar-refractivity contribution < 1.29 is 19.1 Å². The maximum atomic E-state index is 12.1. The monoisotopic (exact) mass is 396 g/mol. The highest BCUT2D eigenvalue weighted by molar-refractivity contribution is 9.10. The summed E-state index contributed by atoms with van der Waals surface area (Å²) in [4.78, 5) is 35.0. The number of rotatable bonds is 5. The van der Waals surface area contributed by atoms with Gasteiger partial charge in [-0.25, -0.2) is 4.79 Å². The van der Waals surface area contributed by atoms with E-state index in [1.807, 2.05) is 0 Å². The summed E-state index contributed by atoms with van der Waals surface area (Å²) in [5.74, 6) is -0.258. The second kappa shape index (κ2) is 8.82. The summed E-state index contributed by atoms with van der Waals surface area (Å²) in [5.41, 5.74) is 0.329. The summed E-state index contributed by atoms with van der Waals surface area (Å²) >= 11 is 3.27. The van der Waals surface area contributed by atoms with Crippen molar-refractivity contribution in [1.29, 1.82) is 0 Å². The van der Waals surface area contributed by atoms with E-state index < -0.39 is 18.0 Å². The standard InChI is InChI=1S/C17H21BrN2O4/c1-11(24-15-8-7-13(18)9-12(15)10-21)16(22)20-17(23)19-14-5-3-2-4-6-14/h7-11,14H,2-6H2,1H3,(H2,19,20,22,23)/t11-/m0/s1. The minimum atomic E-state index is -0.901. The molecule has 0 aliphatic heterocycles. The van der Waals surface area contributed by atoms with Gasteiger partial charge in [0.15, 0.2) is 12.4 Å². The molecule has 1 atom stereocenters. The first-order valence-electron chi connectivity index (χ1n) is 8.02. The number of carbonyl (C=O) groups excluding carboxylic acids is 3. The van der Waals surface area contributed by atoms with Crippen LogP contribution in [0.1, 0.15) is 49.4 Å². The molecule has 1 aliphatic rings. The zero-order chi connectivity index (χ0) is 17.5. The van der Waals surface area contributed by atoms with Crippen molar-refractivity contribution in [2.75, 3.05) is 0 Å². The van der Waals surface area contributed by atoms with E-state index in [9.17, 15) is 14.4 Å². The number of benzene rings is 1. The summed E-state index contributed by atoms with van der Waals surface area (Å²) < 4.78 is 6.24. The van der Waals surface area contributed by atoms with Crippen molar-refractivity contribution in [2.24, 2.45) is 0 Å². The first kappa shape index (κ1) is 18.4. The molecule has 7 heteroatoms. The topological polar surface area (TPSA) is 84.5 Å². The summed E-state index contributed by atoms with van der Waals surface area (Å²) in [7, 11) is 0. The van der Waals surface area contributed by atoms with Gasteiger partial charge in [0, 0.05) is 10.5 Å². The quantitative estimate of drug-likeness (QED) is 0.748. The summed E-state index contributed by atoms with van der Waals surface area (Å²) in [5, 5.41) is 5.09. The maximum absolute atomic E-state index is 12.1. The third-order valence-electron chi connectivity index (χ3n) is 3.95. The van der Waals surface area contributed by atoms with Gasteiger partial charge >= 0.3 is 6.03 Å². The highest BCUT2D eigenvalue weighted by Crippen LogP contribution is 2.22. The van der Waals surface area contributed by atoms with Crippen LogP contribution >= 0.6 is 15.9 Å². The lowest BCUT2D eigenvalue weighted by atomic mass is 9.96. The highest BCUT2D eigenvalue weighted by Gasteiger charge is 2.21. The molecule has 130 valence electrons. The van der Waals surface area contributed by atoms with Crippen LogP contribution in [0.2, 0.25) is 0 Å². The second-order valence-corrected chi connectivity index (χ2v) is 6.77. The van der Waals surface area contributed by atoms with Crippen LogP contribution in [-0.2, 0) is 4.79 Å². The molecular weight excluding hydrogens is 376 g/mol. The Labute approximate surface area is 149 Å². The minimum Gasteiger partial charge on any atom is -0.480 e. The molecule has 1 fully saturated rings. The summed E-state index contributed by atoms with van der Waals surface area (Å²) in [6, 6.07) is 4.52. The predicted octanol–water partition coefficient (Wildman–Crippen LogP) is 3.19. The van der Waals surface area contributed by atoms with E-state index in [1.54, 1.807) is 18.2 Å². The van der Waals surface area contributed by atoms with Gasteiger partial charge in [-0.15, -0.1) is 0 Å². The van der Waals surface area contributed by atoms with Gasteiger partial charge in [-0.3, -0.25) is 14.9 Å². The number of carbonyl (C=O) groups is 3. The van der Waals surface area contributed by atoms with E-state index in [2.05, 4.69) is 26.6 Å². The van der Waals surface area contributed by atoms with Crippen LogP contribution in [0, 0.1) is 0 Å². The molecule has 0 unspecified atom stereocenters. The Balaban J connectivity index is 1.87. The molecule has 2 N–H and O–H groups in total. The van der Waals surface area contributed by atoms with E-state index in [0.717, 1.165) is 30.2 Å². The fraction of sp³-hybridized carbons (Fsp3) is 0.471. The molecule has 0 spiro atoms. The summed E-state index contributed by atoms with van der Waals surface area (Å²) in [6.45, 7) is 1.53. The van der Waals surface area contributed by atoms with Crippen molar-refractivity contribution in [3.05, 3.63) is 28.2 Å². The number of hydrogen-bond donors (Lipinski definition) is 2. The Morgan fingerprint density at radius 1 is 1.29 bits per heavy atom. The maximum Gasteiger partial charge on any atom is 0.321 e. The Morgan fingerprint density at radius 3 is 2.67 bits per heavy atom. The Bertz CT molecular complexity index is 615. The zero-order valence-electron chi connectivity index (χ0n) is 13.5. The van der Waals surface area contributed by atoms with E-state index >= 15 is 0 Å². The lowest BCUT2D eigenvalue weighted by molar-refractivity contribution is -0.126. The molecule has 1 saturated carbocycles. The first-order chi connectivity index (χ1) is 11.5. The number of halogens is 1. The third kappa shape index (κ3) is 5.33. The van der Waals surface area contributed by atoms with Gasteiger partial charge in [0.25, 0.3) is 5.91 Å². The van der Waals surface area contributed by atoms with Crippen LogP contribution in [0.15, 0.2) is 22.7 Å². The molecule has 1 aromatic carbocycles. The lowest BCUT2D eigenvalue weighted by Gasteiger charge is -2.23. The molecule has 1 aromatic rings. The minimum absolute atomic E-state index is 0.121. The fourth-order valence-corrected chi connectivity index (χ4v) is 3.02. The molecule has 0 radical (unpaired) electrons. The van der Waals surface area contributed by atoms with Gasteiger partial charge in [0.2, 0.25) is 0 Å². The molecule has 0 bridgehead atoms. The number of urea groups is 1. The predicted molar refractivity (Wildman–Crippen MR) is 93.2 cm³/mol. The number of ether oxygens (including phenoxy) is 1. The van der Waals surface area contributed by atoms with Gasteiger partial charge in [-0.2, -0.15) is 0 Å². The van der Waals surface area contributed by atoms with Crippen molar-refractivity contribution in [3.63, 3.8) is 0 Å². The van der Waals surface area contributed by atoms with E-state index in [-0.39, 0.29) is 6.04 Å². The van der Waals surface area contributed by atoms with Gasteiger partial charge in [0.1, 0.15) is 5.75 Å². The molecule has 2 rings (SSSR count). The molecular formula is C17H21BrN2O4. The van der Waals surface area contributed by atoms with Gasteiger partial charge in [-0.1, -0.05) is 35.2 Å². The molecule has 24 heavy (non-hydrogen) atoms. The van der Waals surface area contributed by atoms with Crippen LogP contribution in [0.25, 0.3) is 0 Å². The molecule has 0 heterocycles. The highest BCUT2D eigenvalue weighted by atomic mass is 79.9. The van der Waals surface area contributed by atoms with E-state index in [4.69, 9.17) is 4.74 Å². The van der Waals surface area contributed by atoms with Crippen molar-refractivity contribution in [1.82, 2.24) is 10.6 Å². The van der Waals surface area contributed by atoms with Crippen LogP contribution in [0.3, 0.4) is 0 Å². The number of hydrogen-bond acceptors (Lipinski definition) is 4. The Hall–Kier alpha value is -1.89. The van der Waals surface area contributed by atoms with Crippen molar-refractivity contribution in [2.45, 2.75) is 51.2 Å². The van der Waals surface area contributed by atoms with Crippen LogP contribution in [0.4, 0.5) is 4.79 Å². The number of nitrogens with one attached hydrogen (secondary N) is 2. The zero-order valence-corrected chi connectivity index (χ0v) is 15.1. The smallest absolute Gasteiger partial charge is 0.321 e. The normalized spacial score (nSPS) is 16.1.